The number of alkyl halides is 3. The molecule has 182 valence electrons. The molecule has 10 heteroatoms. The lowest BCUT2D eigenvalue weighted by molar-refractivity contribution is -0.140. The molecule has 6 nitrogen and oxygen atoms in total. The van der Waals surface area contributed by atoms with Crippen molar-refractivity contribution in [1.82, 2.24) is 19.7 Å². The van der Waals surface area contributed by atoms with Gasteiger partial charge in [0.1, 0.15) is 11.5 Å². The zero-order chi connectivity index (χ0) is 24.7. The van der Waals surface area contributed by atoms with Crippen LogP contribution in [0.5, 0.6) is 0 Å². The Bertz CT molecular complexity index is 1400. The number of pyridine rings is 2. The van der Waals surface area contributed by atoms with Crippen LogP contribution in [-0.2, 0) is 6.18 Å². The number of nitrogens with one attached hydrogen (secondary N) is 1. The average molecular weight is 502 g/mol. The molecule has 1 saturated carbocycles. The summed E-state index contributed by atoms with van der Waals surface area (Å²) in [6, 6.07) is 12.3. The van der Waals surface area contributed by atoms with Gasteiger partial charge in [0, 0.05) is 41.9 Å². The highest BCUT2D eigenvalue weighted by molar-refractivity contribution is 6.32. The van der Waals surface area contributed by atoms with Crippen molar-refractivity contribution in [2.45, 2.75) is 43.9 Å². The van der Waals surface area contributed by atoms with Crippen molar-refractivity contribution in [2.24, 2.45) is 0 Å². The highest BCUT2D eigenvalue weighted by Crippen LogP contribution is 2.32. The van der Waals surface area contributed by atoms with Crippen LogP contribution in [0.25, 0.3) is 16.6 Å². The number of rotatable bonds is 4. The van der Waals surface area contributed by atoms with Gasteiger partial charge in [-0.15, -0.1) is 0 Å². The Balaban J connectivity index is 1.27. The first-order valence-electron chi connectivity index (χ1n) is 11.3. The Morgan fingerprint density at radius 3 is 2.66 bits per heavy atom. The molecule has 0 saturated heterocycles. The molecule has 1 aliphatic rings. The van der Waals surface area contributed by atoms with Gasteiger partial charge in [0.25, 0.3) is 5.91 Å². The van der Waals surface area contributed by atoms with E-state index >= 15 is 0 Å². The SMILES string of the molecule is CN(c1cccc2nc(C(F)(F)F)cn12)[C@H]1CC[C@@H](NC(=O)c2cc(Cl)cc3cccnc23)CC1. The summed E-state index contributed by atoms with van der Waals surface area (Å²) in [5.41, 5.74) is 0.395. The molecule has 1 N–H and O–H groups in total. The summed E-state index contributed by atoms with van der Waals surface area (Å²) in [4.78, 5) is 23.1. The van der Waals surface area contributed by atoms with Gasteiger partial charge in [0.15, 0.2) is 5.69 Å². The minimum Gasteiger partial charge on any atom is -0.358 e. The maximum absolute atomic E-state index is 13.2. The second-order valence-corrected chi connectivity index (χ2v) is 9.29. The van der Waals surface area contributed by atoms with E-state index < -0.39 is 11.9 Å². The molecular formula is C25H23ClF3N5O. The number of fused-ring (bicyclic) bond motifs is 2. The third-order valence-corrected chi connectivity index (χ3v) is 6.83. The predicted molar refractivity (Wildman–Crippen MR) is 129 cm³/mol. The molecule has 1 amide bonds. The second kappa shape index (κ2) is 9.03. The number of carbonyl (C=O) groups excluding carboxylic acids is 1. The summed E-state index contributed by atoms with van der Waals surface area (Å²) >= 11 is 6.21. The van der Waals surface area contributed by atoms with Crippen molar-refractivity contribution in [3.8, 4) is 0 Å². The Labute approximate surface area is 204 Å². The third kappa shape index (κ3) is 4.65. The van der Waals surface area contributed by atoms with Crippen LogP contribution >= 0.6 is 11.6 Å². The standard InChI is InChI=1S/C25H23ClF3N5O/c1-33(22-6-2-5-21-32-20(14-34(21)22)25(27,28)29)18-9-7-17(8-10-18)31-24(35)19-13-16(26)12-15-4-3-11-30-23(15)19/h2-6,11-14,17-18H,7-10H2,1H3,(H,31,35)/t17-,18+. The minimum absolute atomic E-state index is 0.00855. The van der Waals surface area contributed by atoms with Crippen LogP contribution in [0.3, 0.4) is 0 Å². The van der Waals surface area contributed by atoms with Gasteiger partial charge in [-0.1, -0.05) is 23.7 Å². The Kier molecular flexibility index (Phi) is 6.04. The minimum atomic E-state index is -4.50. The van der Waals surface area contributed by atoms with Gasteiger partial charge in [-0.2, -0.15) is 13.2 Å². The molecule has 1 aromatic carbocycles. The summed E-state index contributed by atoms with van der Waals surface area (Å²) in [5.74, 6) is 0.435. The number of anilines is 1. The smallest absolute Gasteiger partial charge is 0.358 e. The lowest BCUT2D eigenvalue weighted by Gasteiger charge is -2.36. The lowest BCUT2D eigenvalue weighted by Crippen LogP contribution is -2.43. The van der Waals surface area contributed by atoms with Gasteiger partial charge in [-0.3, -0.25) is 14.2 Å². The van der Waals surface area contributed by atoms with Gasteiger partial charge < -0.3 is 10.2 Å². The van der Waals surface area contributed by atoms with Crippen LogP contribution in [0.1, 0.15) is 41.7 Å². The van der Waals surface area contributed by atoms with Gasteiger partial charge in [0.2, 0.25) is 0 Å². The predicted octanol–water partition coefficient (Wildman–Crippen LogP) is 5.73. The number of nitrogens with zero attached hydrogens (tertiary/aromatic N) is 4. The number of carbonyl (C=O) groups is 1. The van der Waals surface area contributed by atoms with Crippen LogP contribution in [0.15, 0.2) is 54.9 Å². The first-order valence-corrected chi connectivity index (χ1v) is 11.7. The lowest BCUT2D eigenvalue weighted by atomic mass is 9.90. The number of hydrogen-bond donors (Lipinski definition) is 1. The van der Waals surface area contributed by atoms with Crippen LogP contribution < -0.4 is 10.2 Å². The Hall–Kier alpha value is -3.33. The molecule has 3 aromatic heterocycles. The van der Waals surface area contributed by atoms with Gasteiger partial charge in [-0.05, 0) is 56.0 Å². The fourth-order valence-corrected chi connectivity index (χ4v) is 5.03. The quantitative estimate of drug-likeness (QED) is 0.388. The molecule has 0 aliphatic heterocycles. The monoisotopic (exact) mass is 501 g/mol. The highest BCUT2D eigenvalue weighted by Gasteiger charge is 2.34. The summed E-state index contributed by atoms with van der Waals surface area (Å²) in [6.45, 7) is 0. The van der Waals surface area contributed by atoms with E-state index in [1.54, 1.807) is 42.6 Å². The molecule has 3 heterocycles. The molecule has 1 aliphatic carbocycles. The normalized spacial score (nSPS) is 18.7. The molecule has 0 spiro atoms. The molecule has 5 rings (SSSR count). The van der Waals surface area contributed by atoms with E-state index in [9.17, 15) is 18.0 Å². The van der Waals surface area contributed by atoms with Crippen molar-refractivity contribution in [1.29, 1.82) is 0 Å². The van der Waals surface area contributed by atoms with Gasteiger partial charge >= 0.3 is 6.18 Å². The van der Waals surface area contributed by atoms with E-state index in [4.69, 9.17) is 11.6 Å². The van der Waals surface area contributed by atoms with Crippen molar-refractivity contribution < 1.29 is 18.0 Å². The maximum atomic E-state index is 13.2. The number of imidazole rings is 1. The fourth-order valence-electron chi connectivity index (χ4n) is 4.81. The number of hydrogen-bond acceptors (Lipinski definition) is 4. The molecule has 0 unspecified atom stereocenters. The number of amides is 1. The zero-order valence-electron chi connectivity index (χ0n) is 18.9. The largest absolute Gasteiger partial charge is 0.434 e. The molecule has 0 radical (unpaired) electrons. The van der Waals surface area contributed by atoms with Crippen LogP contribution in [0.4, 0.5) is 19.0 Å². The zero-order valence-corrected chi connectivity index (χ0v) is 19.6. The third-order valence-electron chi connectivity index (χ3n) is 6.62. The van der Waals surface area contributed by atoms with E-state index in [0.29, 0.717) is 21.9 Å². The van der Waals surface area contributed by atoms with E-state index in [1.807, 2.05) is 18.0 Å². The molecule has 0 atom stereocenters. The van der Waals surface area contributed by atoms with E-state index in [0.717, 1.165) is 37.3 Å². The van der Waals surface area contributed by atoms with Gasteiger partial charge in [-0.25, -0.2) is 4.98 Å². The molecule has 1 fully saturated rings. The van der Waals surface area contributed by atoms with Gasteiger partial charge in [0.05, 0.1) is 11.1 Å². The first kappa shape index (κ1) is 23.4. The Morgan fingerprint density at radius 1 is 1.14 bits per heavy atom. The first-order chi connectivity index (χ1) is 16.7. The van der Waals surface area contributed by atoms with E-state index in [1.165, 1.54) is 4.40 Å². The number of benzene rings is 1. The van der Waals surface area contributed by atoms with Crippen LogP contribution in [-0.4, -0.2) is 39.4 Å². The topological polar surface area (TPSA) is 62.5 Å². The molecule has 35 heavy (non-hydrogen) atoms. The summed E-state index contributed by atoms with van der Waals surface area (Å²) < 4.78 is 41.0. The second-order valence-electron chi connectivity index (χ2n) is 8.85. The molecular weight excluding hydrogens is 479 g/mol. The van der Waals surface area contributed by atoms with Crippen molar-refractivity contribution >= 4 is 39.9 Å². The molecule has 0 bridgehead atoms. The maximum Gasteiger partial charge on any atom is 0.434 e. The van der Waals surface area contributed by atoms with Crippen molar-refractivity contribution in [3.05, 3.63) is 71.1 Å². The molecule has 4 aromatic rings. The van der Waals surface area contributed by atoms with Crippen LogP contribution in [0, 0.1) is 0 Å². The number of halogens is 4. The highest BCUT2D eigenvalue weighted by atomic mass is 35.5. The average Bonchev–Trinajstić information content (AvgIpc) is 3.29. The summed E-state index contributed by atoms with van der Waals surface area (Å²) in [5, 5.41) is 4.39. The van der Waals surface area contributed by atoms with Crippen molar-refractivity contribution in [2.75, 3.05) is 11.9 Å². The van der Waals surface area contributed by atoms with E-state index in [2.05, 4.69) is 15.3 Å². The summed E-state index contributed by atoms with van der Waals surface area (Å²) in [6.07, 6.45) is 1.26. The van der Waals surface area contributed by atoms with Crippen LogP contribution in [0.2, 0.25) is 5.02 Å². The summed E-state index contributed by atoms with van der Waals surface area (Å²) in [7, 11) is 1.88. The fraction of sp³-hybridized carbons (Fsp3) is 0.320. The number of aromatic nitrogens is 3. The Morgan fingerprint density at radius 2 is 1.91 bits per heavy atom. The van der Waals surface area contributed by atoms with E-state index in [-0.39, 0.29) is 23.6 Å². The van der Waals surface area contributed by atoms with Crippen molar-refractivity contribution in [3.63, 3.8) is 0 Å².